The molecule has 0 amide bonds. The smallest absolute Gasteiger partial charge is 0.0704 e. The van der Waals surface area contributed by atoms with Crippen molar-refractivity contribution >= 4 is 11.3 Å². The average molecular weight is 219 g/mol. The number of hydrogen-bond donors (Lipinski definition) is 1. The molecule has 3 heterocycles. The minimum Gasteiger partial charge on any atom is -0.305 e. The van der Waals surface area contributed by atoms with Crippen molar-refractivity contribution in [3.8, 4) is 0 Å². The summed E-state index contributed by atoms with van der Waals surface area (Å²) in [6.07, 6.45) is 5.19. The van der Waals surface area contributed by atoms with Gasteiger partial charge in [0.15, 0.2) is 0 Å². The first-order valence-electron chi connectivity index (χ1n) is 5.13. The SMILES string of the molecule is Cn1cc(C2NCCc3ccsc32)cn1. The predicted molar refractivity (Wildman–Crippen MR) is 61.1 cm³/mol. The molecule has 2 aromatic rings. The van der Waals surface area contributed by atoms with E-state index in [2.05, 4.69) is 28.1 Å². The first kappa shape index (κ1) is 9.12. The minimum atomic E-state index is 0.349. The van der Waals surface area contributed by atoms with Crippen molar-refractivity contribution in [1.29, 1.82) is 0 Å². The van der Waals surface area contributed by atoms with Crippen LogP contribution in [0.1, 0.15) is 22.0 Å². The Kier molecular flexibility index (Phi) is 2.11. The number of nitrogens with zero attached hydrogens (tertiary/aromatic N) is 2. The van der Waals surface area contributed by atoms with Gasteiger partial charge in [0, 0.05) is 30.2 Å². The molecule has 2 aromatic heterocycles. The van der Waals surface area contributed by atoms with Gasteiger partial charge >= 0.3 is 0 Å². The number of fused-ring (bicyclic) bond motifs is 1. The summed E-state index contributed by atoms with van der Waals surface area (Å²) in [5.41, 5.74) is 2.76. The van der Waals surface area contributed by atoms with Gasteiger partial charge in [-0.3, -0.25) is 4.68 Å². The van der Waals surface area contributed by atoms with E-state index in [-0.39, 0.29) is 0 Å². The van der Waals surface area contributed by atoms with E-state index in [0.717, 1.165) is 13.0 Å². The molecule has 1 atom stereocenters. The fourth-order valence-electron chi connectivity index (χ4n) is 2.11. The van der Waals surface area contributed by atoms with E-state index in [1.165, 1.54) is 16.0 Å². The van der Waals surface area contributed by atoms with Gasteiger partial charge in [0.2, 0.25) is 0 Å². The van der Waals surface area contributed by atoms with E-state index in [9.17, 15) is 0 Å². The quantitative estimate of drug-likeness (QED) is 0.791. The van der Waals surface area contributed by atoms with Crippen LogP contribution in [0.15, 0.2) is 23.8 Å². The maximum atomic E-state index is 4.23. The van der Waals surface area contributed by atoms with E-state index in [0.29, 0.717) is 6.04 Å². The van der Waals surface area contributed by atoms with Crippen molar-refractivity contribution < 1.29 is 0 Å². The molecule has 0 saturated carbocycles. The second-order valence-electron chi connectivity index (χ2n) is 3.89. The van der Waals surface area contributed by atoms with Gasteiger partial charge in [-0.1, -0.05) is 0 Å². The Morgan fingerprint density at radius 3 is 3.33 bits per heavy atom. The molecule has 3 nitrogen and oxygen atoms in total. The maximum absolute atomic E-state index is 4.23. The van der Waals surface area contributed by atoms with E-state index in [4.69, 9.17) is 0 Å². The molecule has 0 aliphatic carbocycles. The number of aromatic nitrogens is 2. The first-order chi connectivity index (χ1) is 7.34. The van der Waals surface area contributed by atoms with Crippen LogP contribution >= 0.6 is 11.3 Å². The van der Waals surface area contributed by atoms with Gasteiger partial charge in [-0.15, -0.1) is 11.3 Å². The molecule has 3 rings (SSSR count). The van der Waals surface area contributed by atoms with Crippen LogP contribution in [0, 0.1) is 0 Å². The Morgan fingerprint density at radius 1 is 1.60 bits per heavy atom. The molecule has 0 fully saturated rings. The number of aryl methyl sites for hydroxylation is 1. The van der Waals surface area contributed by atoms with Gasteiger partial charge in [-0.05, 0) is 23.4 Å². The summed E-state index contributed by atoms with van der Waals surface area (Å²) in [5.74, 6) is 0. The monoisotopic (exact) mass is 219 g/mol. The lowest BCUT2D eigenvalue weighted by atomic mass is 10.0. The molecule has 0 spiro atoms. The van der Waals surface area contributed by atoms with Crippen molar-refractivity contribution in [3.63, 3.8) is 0 Å². The Morgan fingerprint density at radius 2 is 2.53 bits per heavy atom. The van der Waals surface area contributed by atoms with Gasteiger partial charge in [0.1, 0.15) is 0 Å². The summed E-state index contributed by atoms with van der Waals surface area (Å²) in [6.45, 7) is 1.06. The largest absolute Gasteiger partial charge is 0.305 e. The predicted octanol–water partition coefficient (Wildman–Crippen LogP) is 1.72. The molecule has 0 radical (unpaired) electrons. The summed E-state index contributed by atoms with van der Waals surface area (Å²) in [5, 5.41) is 9.96. The standard InChI is InChI=1S/C11H13N3S/c1-14-7-9(6-13-14)10-11-8(2-4-12-10)3-5-15-11/h3,5-7,10,12H,2,4H2,1H3. The molecule has 1 aliphatic heterocycles. The van der Waals surface area contributed by atoms with Crippen LogP contribution in [0.25, 0.3) is 0 Å². The number of nitrogens with one attached hydrogen (secondary N) is 1. The van der Waals surface area contributed by atoms with Crippen molar-refractivity contribution in [2.75, 3.05) is 6.54 Å². The molecule has 1 N–H and O–H groups in total. The number of hydrogen-bond acceptors (Lipinski definition) is 3. The summed E-state index contributed by atoms with van der Waals surface area (Å²) in [6, 6.07) is 2.59. The van der Waals surface area contributed by atoms with Crippen LogP contribution in [0.2, 0.25) is 0 Å². The zero-order valence-corrected chi connectivity index (χ0v) is 9.42. The maximum Gasteiger partial charge on any atom is 0.0704 e. The Labute approximate surface area is 92.7 Å². The van der Waals surface area contributed by atoms with Gasteiger partial charge in [-0.25, -0.2) is 0 Å². The Hall–Kier alpha value is -1.13. The molecule has 0 saturated heterocycles. The molecule has 1 aliphatic rings. The highest BCUT2D eigenvalue weighted by Crippen LogP contribution is 2.32. The second-order valence-corrected chi connectivity index (χ2v) is 4.84. The molecule has 0 bridgehead atoms. The third-order valence-corrected chi connectivity index (χ3v) is 3.87. The third-order valence-electron chi connectivity index (χ3n) is 2.84. The molecule has 15 heavy (non-hydrogen) atoms. The van der Waals surface area contributed by atoms with Crippen LogP contribution in [0.5, 0.6) is 0 Å². The van der Waals surface area contributed by atoms with Gasteiger partial charge in [-0.2, -0.15) is 5.10 Å². The highest BCUT2D eigenvalue weighted by atomic mass is 32.1. The molecular formula is C11H13N3S. The molecule has 4 heteroatoms. The van der Waals surface area contributed by atoms with Crippen LogP contribution in [-0.2, 0) is 13.5 Å². The normalized spacial score (nSPS) is 20.2. The van der Waals surface area contributed by atoms with Crippen molar-refractivity contribution in [1.82, 2.24) is 15.1 Å². The number of thiophene rings is 1. The van der Waals surface area contributed by atoms with E-state index >= 15 is 0 Å². The average Bonchev–Trinajstić information content (AvgIpc) is 2.84. The highest BCUT2D eigenvalue weighted by molar-refractivity contribution is 7.10. The van der Waals surface area contributed by atoms with E-state index < -0.39 is 0 Å². The lowest BCUT2D eigenvalue weighted by molar-refractivity contribution is 0.578. The van der Waals surface area contributed by atoms with E-state index in [1.807, 2.05) is 29.3 Å². The third kappa shape index (κ3) is 1.50. The summed E-state index contributed by atoms with van der Waals surface area (Å²) >= 11 is 1.84. The van der Waals surface area contributed by atoms with Crippen LogP contribution in [0.4, 0.5) is 0 Å². The van der Waals surface area contributed by atoms with Crippen molar-refractivity contribution in [2.24, 2.45) is 7.05 Å². The number of rotatable bonds is 1. The second kappa shape index (κ2) is 3.47. The fourth-order valence-corrected chi connectivity index (χ4v) is 3.17. The lowest BCUT2D eigenvalue weighted by Gasteiger charge is -2.22. The van der Waals surface area contributed by atoms with Gasteiger partial charge in [0.25, 0.3) is 0 Å². The van der Waals surface area contributed by atoms with Gasteiger partial charge < -0.3 is 5.32 Å². The van der Waals surface area contributed by atoms with E-state index in [1.54, 1.807) is 0 Å². The molecular weight excluding hydrogens is 206 g/mol. The minimum absolute atomic E-state index is 0.349. The Balaban J connectivity index is 2.02. The van der Waals surface area contributed by atoms with Crippen molar-refractivity contribution in [3.05, 3.63) is 39.8 Å². The molecule has 0 aromatic carbocycles. The van der Waals surface area contributed by atoms with Gasteiger partial charge in [0.05, 0.1) is 12.2 Å². The zero-order valence-electron chi connectivity index (χ0n) is 8.60. The lowest BCUT2D eigenvalue weighted by Crippen LogP contribution is -2.28. The topological polar surface area (TPSA) is 29.9 Å². The molecule has 1 unspecified atom stereocenters. The molecule has 78 valence electrons. The Bertz CT molecular complexity index is 472. The van der Waals surface area contributed by atoms with Crippen LogP contribution in [0.3, 0.4) is 0 Å². The van der Waals surface area contributed by atoms with Crippen molar-refractivity contribution in [2.45, 2.75) is 12.5 Å². The van der Waals surface area contributed by atoms with Crippen LogP contribution < -0.4 is 5.32 Å². The van der Waals surface area contributed by atoms with Crippen LogP contribution in [-0.4, -0.2) is 16.3 Å². The first-order valence-corrected chi connectivity index (χ1v) is 6.01. The summed E-state index contributed by atoms with van der Waals surface area (Å²) < 4.78 is 1.86. The summed E-state index contributed by atoms with van der Waals surface area (Å²) in [7, 11) is 1.96. The fraction of sp³-hybridized carbons (Fsp3) is 0.364. The summed E-state index contributed by atoms with van der Waals surface area (Å²) in [4.78, 5) is 1.45. The highest BCUT2D eigenvalue weighted by Gasteiger charge is 2.23. The zero-order chi connectivity index (χ0) is 10.3.